The second-order valence-corrected chi connectivity index (χ2v) is 10.2. The number of carbonyl (C=O) groups excluding carboxylic acids is 1. The lowest BCUT2D eigenvalue weighted by atomic mass is 9.70. The molecule has 0 radical (unpaired) electrons. The molecule has 1 aliphatic rings. The van der Waals surface area contributed by atoms with E-state index in [0.29, 0.717) is 23.7 Å². The van der Waals surface area contributed by atoms with Gasteiger partial charge in [-0.2, -0.15) is 0 Å². The van der Waals surface area contributed by atoms with E-state index in [-0.39, 0.29) is 5.91 Å². The van der Waals surface area contributed by atoms with Gasteiger partial charge in [0.25, 0.3) is 0 Å². The molecule has 4 rings (SSSR count). The fraction of sp³-hybridized carbons (Fsp3) is 0.448. The van der Waals surface area contributed by atoms with Gasteiger partial charge in [0.2, 0.25) is 5.91 Å². The van der Waals surface area contributed by atoms with Crippen LogP contribution >= 0.6 is 0 Å². The third-order valence-electron chi connectivity index (χ3n) is 7.25. The van der Waals surface area contributed by atoms with E-state index in [9.17, 15) is 4.79 Å². The van der Waals surface area contributed by atoms with Crippen LogP contribution in [0.4, 0.5) is 5.69 Å². The van der Waals surface area contributed by atoms with Crippen LogP contribution in [0.1, 0.15) is 45.5 Å². The molecule has 2 aromatic carbocycles. The first-order chi connectivity index (χ1) is 16.8. The van der Waals surface area contributed by atoms with Crippen LogP contribution in [0.15, 0.2) is 54.1 Å². The van der Waals surface area contributed by atoms with E-state index in [1.807, 2.05) is 30.3 Å². The Bertz CT molecular complexity index is 1180. The number of rotatable bonds is 9. The number of hydrogen-bond acceptors (Lipinski definition) is 4. The number of nitrogens with zero attached hydrogens (tertiary/aromatic N) is 1. The fourth-order valence-corrected chi connectivity index (χ4v) is 5.30. The lowest BCUT2D eigenvalue weighted by Crippen LogP contribution is -2.34. The topological polar surface area (TPSA) is 79.0 Å². The van der Waals surface area contributed by atoms with Crippen LogP contribution in [0.3, 0.4) is 0 Å². The van der Waals surface area contributed by atoms with Crippen LogP contribution in [-0.2, 0) is 17.8 Å². The number of fused-ring (bicyclic) bond motifs is 1. The van der Waals surface area contributed by atoms with Gasteiger partial charge in [0.05, 0.1) is 18.1 Å². The summed E-state index contributed by atoms with van der Waals surface area (Å²) in [5.74, 6) is 4.11. The molecule has 6 nitrogen and oxygen atoms in total. The highest BCUT2D eigenvalue weighted by Gasteiger charge is 2.31. The standard InChI is InChI=1S/C29H38N4O2/c1-18(2)26-13-22(14-29-32-27-11-10-25(35-5)15-28(27)33-29)19(3)12-23(26)17-30-16-21-6-8-24(9-7-21)31-20(4)34/h6-12,15,18,22-23,26,30H,13-14,16-17H2,1-5H3,(H,31,34)(H,32,33). The van der Waals surface area contributed by atoms with Gasteiger partial charge >= 0.3 is 0 Å². The number of allylic oxidation sites excluding steroid dienone is 1. The summed E-state index contributed by atoms with van der Waals surface area (Å²) in [6.07, 6.45) is 4.61. The highest BCUT2D eigenvalue weighted by Crippen LogP contribution is 2.38. The number of carbonyl (C=O) groups is 1. The molecular formula is C29H38N4O2. The highest BCUT2D eigenvalue weighted by atomic mass is 16.5. The maximum absolute atomic E-state index is 11.2. The molecule has 1 heterocycles. The molecular weight excluding hydrogens is 436 g/mol. The van der Waals surface area contributed by atoms with Gasteiger partial charge in [-0.25, -0.2) is 4.98 Å². The number of aromatic amines is 1. The summed E-state index contributed by atoms with van der Waals surface area (Å²) in [5.41, 5.74) is 5.54. The molecule has 0 saturated carbocycles. The van der Waals surface area contributed by atoms with Gasteiger partial charge in [-0.3, -0.25) is 4.79 Å². The summed E-state index contributed by atoms with van der Waals surface area (Å²) in [6.45, 7) is 10.3. The zero-order chi connectivity index (χ0) is 24.9. The highest BCUT2D eigenvalue weighted by molar-refractivity contribution is 5.88. The Morgan fingerprint density at radius 1 is 1.20 bits per heavy atom. The van der Waals surface area contributed by atoms with Crippen molar-refractivity contribution in [1.29, 1.82) is 0 Å². The minimum Gasteiger partial charge on any atom is -0.497 e. The van der Waals surface area contributed by atoms with Crippen molar-refractivity contribution < 1.29 is 9.53 Å². The molecule has 0 aliphatic heterocycles. The summed E-state index contributed by atoms with van der Waals surface area (Å²) in [6, 6.07) is 14.0. The second kappa shape index (κ2) is 11.1. The maximum atomic E-state index is 11.2. The number of ether oxygens (including phenoxy) is 1. The van der Waals surface area contributed by atoms with Gasteiger partial charge in [-0.1, -0.05) is 37.6 Å². The monoisotopic (exact) mass is 474 g/mol. The summed E-state index contributed by atoms with van der Waals surface area (Å²) >= 11 is 0. The summed E-state index contributed by atoms with van der Waals surface area (Å²) in [4.78, 5) is 19.6. The van der Waals surface area contributed by atoms with Crippen molar-refractivity contribution in [2.45, 2.75) is 47.1 Å². The van der Waals surface area contributed by atoms with Crippen LogP contribution < -0.4 is 15.4 Å². The van der Waals surface area contributed by atoms with Gasteiger partial charge in [0, 0.05) is 38.2 Å². The summed E-state index contributed by atoms with van der Waals surface area (Å²) in [7, 11) is 1.69. The lowest BCUT2D eigenvalue weighted by molar-refractivity contribution is -0.114. The van der Waals surface area contributed by atoms with Crippen molar-refractivity contribution >= 4 is 22.6 Å². The van der Waals surface area contributed by atoms with Crippen LogP contribution in [0.5, 0.6) is 5.75 Å². The largest absolute Gasteiger partial charge is 0.497 e. The van der Waals surface area contributed by atoms with Crippen LogP contribution in [-0.4, -0.2) is 29.5 Å². The van der Waals surface area contributed by atoms with Crippen molar-refractivity contribution in [2.75, 3.05) is 19.0 Å². The first-order valence-electron chi connectivity index (χ1n) is 12.6. The third-order valence-corrected chi connectivity index (χ3v) is 7.25. The Hall–Kier alpha value is -3.12. The number of imidazole rings is 1. The molecule has 35 heavy (non-hydrogen) atoms. The molecule has 0 fully saturated rings. The Kier molecular flexibility index (Phi) is 7.91. The predicted molar refractivity (Wildman–Crippen MR) is 142 cm³/mol. The first kappa shape index (κ1) is 25.0. The number of anilines is 1. The van der Waals surface area contributed by atoms with E-state index in [1.54, 1.807) is 7.11 Å². The van der Waals surface area contributed by atoms with Crippen molar-refractivity contribution in [3.63, 3.8) is 0 Å². The average Bonchev–Trinajstić information content (AvgIpc) is 3.22. The molecule has 0 bridgehead atoms. The minimum absolute atomic E-state index is 0.0473. The molecule has 3 aromatic rings. The number of methoxy groups -OCH3 is 1. The predicted octanol–water partition coefficient (Wildman–Crippen LogP) is 5.72. The minimum atomic E-state index is -0.0473. The van der Waals surface area contributed by atoms with E-state index in [4.69, 9.17) is 9.72 Å². The van der Waals surface area contributed by atoms with Crippen LogP contribution in [0.2, 0.25) is 0 Å². The molecule has 3 N–H and O–H groups in total. The van der Waals surface area contributed by atoms with Crippen molar-refractivity contribution in [3.8, 4) is 5.75 Å². The SMILES string of the molecule is COc1ccc2nc(CC3CC(C(C)C)C(CNCc4ccc(NC(C)=O)cc4)C=C3C)[nH]c2c1. The zero-order valence-electron chi connectivity index (χ0n) is 21.5. The Morgan fingerprint density at radius 3 is 2.66 bits per heavy atom. The van der Waals surface area contributed by atoms with Gasteiger partial charge in [-0.05, 0) is 66.8 Å². The molecule has 186 valence electrons. The van der Waals surface area contributed by atoms with E-state index in [0.717, 1.165) is 47.8 Å². The van der Waals surface area contributed by atoms with E-state index in [2.05, 4.69) is 54.6 Å². The number of amides is 1. The molecule has 1 aliphatic carbocycles. The fourth-order valence-electron chi connectivity index (χ4n) is 5.30. The van der Waals surface area contributed by atoms with Gasteiger partial charge < -0.3 is 20.4 Å². The maximum Gasteiger partial charge on any atom is 0.221 e. The van der Waals surface area contributed by atoms with E-state index >= 15 is 0 Å². The number of nitrogens with one attached hydrogen (secondary N) is 3. The molecule has 1 aromatic heterocycles. The third kappa shape index (κ3) is 6.31. The quantitative estimate of drug-likeness (QED) is 0.347. The van der Waals surface area contributed by atoms with Crippen LogP contribution in [0.25, 0.3) is 11.0 Å². The van der Waals surface area contributed by atoms with Crippen molar-refractivity contribution in [3.05, 3.63) is 65.5 Å². The summed E-state index contributed by atoms with van der Waals surface area (Å²) in [5, 5.41) is 6.49. The Labute approximate surface area is 208 Å². The first-order valence-corrected chi connectivity index (χ1v) is 12.6. The van der Waals surface area contributed by atoms with Gasteiger partial charge in [0.15, 0.2) is 0 Å². The van der Waals surface area contributed by atoms with Crippen LogP contribution in [0, 0.1) is 23.7 Å². The molecule has 6 heteroatoms. The average molecular weight is 475 g/mol. The Morgan fingerprint density at radius 2 is 1.97 bits per heavy atom. The smallest absolute Gasteiger partial charge is 0.221 e. The molecule has 3 atom stereocenters. The second-order valence-electron chi connectivity index (χ2n) is 10.2. The van der Waals surface area contributed by atoms with E-state index < -0.39 is 0 Å². The van der Waals surface area contributed by atoms with Crippen molar-refractivity contribution in [1.82, 2.24) is 15.3 Å². The van der Waals surface area contributed by atoms with Gasteiger partial charge in [0.1, 0.15) is 11.6 Å². The lowest BCUT2D eigenvalue weighted by Gasteiger charge is -2.37. The molecule has 0 spiro atoms. The van der Waals surface area contributed by atoms with E-state index in [1.165, 1.54) is 24.5 Å². The molecule has 0 saturated heterocycles. The molecule has 3 unspecified atom stereocenters. The zero-order valence-corrected chi connectivity index (χ0v) is 21.5. The molecule has 1 amide bonds. The summed E-state index contributed by atoms with van der Waals surface area (Å²) < 4.78 is 5.35. The normalized spacial score (nSPS) is 20.2. The van der Waals surface area contributed by atoms with Crippen molar-refractivity contribution in [2.24, 2.45) is 23.7 Å². The number of hydrogen-bond donors (Lipinski definition) is 3. The van der Waals surface area contributed by atoms with Gasteiger partial charge in [-0.15, -0.1) is 0 Å². The number of H-pyrrole nitrogens is 1. The number of benzene rings is 2. The Balaban J connectivity index is 1.38. The number of aromatic nitrogens is 2.